The first-order chi connectivity index (χ1) is 11.0. The summed E-state index contributed by atoms with van der Waals surface area (Å²) in [6.45, 7) is 0.381. The van der Waals surface area contributed by atoms with Crippen molar-refractivity contribution in [2.24, 2.45) is 0 Å². The Morgan fingerprint density at radius 2 is 2.13 bits per heavy atom. The average molecular weight is 344 g/mol. The fraction of sp³-hybridized carbons (Fsp3) is 0.857. The first kappa shape index (κ1) is 18.1. The van der Waals surface area contributed by atoms with Gasteiger partial charge >= 0.3 is 0 Å². The predicted molar refractivity (Wildman–Crippen MR) is 83.5 cm³/mol. The molecule has 1 aliphatic heterocycles. The molecule has 0 aromatic carbocycles. The second-order valence-corrected chi connectivity index (χ2v) is 7.76. The lowest BCUT2D eigenvalue weighted by molar-refractivity contribution is -0.125. The molecule has 2 fully saturated rings. The number of nitrogens with one attached hydrogen (secondary N) is 1. The third-order valence-electron chi connectivity index (χ3n) is 4.39. The standard InChI is InChI=1S/C14H24N4O4S/c1-22-10-9-17(8-4-7-15)23(20,21)18-11-14(19)16-12-5-2-3-6-13(12)18/h12-13H,2-6,8-11H2,1H3,(H,16,19)/t12-,13+/m0/s1. The van der Waals surface area contributed by atoms with E-state index in [0.29, 0.717) is 0 Å². The summed E-state index contributed by atoms with van der Waals surface area (Å²) in [5, 5.41) is 11.7. The van der Waals surface area contributed by atoms with Gasteiger partial charge in [0.1, 0.15) is 0 Å². The summed E-state index contributed by atoms with van der Waals surface area (Å²) in [7, 11) is -2.30. The summed E-state index contributed by atoms with van der Waals surface area (Å²) < 4.78 is 33.6. The summed E-state index contributed by atoms with van der Waals surface area (Å²) in [5.41, 5.74) is 0. The Hall–Kier alpha value is -1.21. The number of carbonyl (C=O) groups excluding carboxylic acids is 1. The molecule has 2 atom stereocenters. The molecule has 9 heteroatoms. The molecule has 0 radical (unpaired) electrons. The van der Waals surface area contributed by atoms with E-state index >= 15 is 0 Å². The SMILES string of the molecule is COCCN(CCC#N)S(=O)(=O)N1CC(=O)N[C@H]2CCCC[C@H]21. The van der Waals surface area contributed by atoms with Gasteiger partial charge in [-0.05, 0) is 12.8 Å². The minimum absolute atomic E-state index is 0.108. The Bertz CT molecular complexity index is 560. The highest BCUT2D eigenvalue weighted by Gasteiger charge is 2.44. The minimum atomic E-state index is -3.80. The molecule has 23 heavy (non-hydrogen) atoms. The van der Waals surface area contributed by atoms with E-state index in [0.717, 1.165) is 25.7 Å². The van der Waals surface area contributed by atoms with E-state index in [2.05, 4.69) is 5.32 Å². The van der Waals surface area contributed by atoms with Crippen LogP contribution in [0.1, 0.15) is 32.1 Å². The lowest BCUT2D eigenvalue weighted by Gasteiger charge is -2.44. The van der Waals surface area contributed by atoms with Gasteiger partial charge in [-0.2, -0.15) is 22.3 Å². The summed E-state index contributed by atoms with van der Waals surface area (Å²) >= 11 is 0. The zero-order valence-electron chi connectivity index (χ0n) is 13.4. The molecular weight excluding hydrogens is 320 g/mol. The molecular formula is C14H24N4O4S. The number of carbonyl (C=O) groups is 1. The Morgan fingerprint density at radius 1 is 1.39 bits per heavy atom. The van der Waals surface area contributed by atoms with Crippen molar-refractivity contribution in [3.05, 3.63) is 0 Å². The van der Waals surface area contributed by atoms with Crippen LogP contribution in [0.4, 0.5) is 0 Å². The number of hydrogen-bond donors (Lipinski definition) is 1. The summed E-state index contributed by atoms with van der Waals surface area (Å²) in [4.78, 5) is 11.9. The van der Waals surface area contributed by atoms with E-state index in [4.69, 9.17) is 10.00 Å². The zero-order chi connectivity index (χ0) is 16.9. The fourth-order valence-electron chi connectivity index (χ4n) is 3.25. The van der Waals surface area contributed by atoms with E-state index in [9.17, 15) is 13.2 Å². The van der Waals surface area contributed by atoms with Crippen molar-refractivity contribution >= 4 is 16.1 Å². The lowest BCUT2D eigenvalue weighted by atomic mass is 9.89. The second-order valence-electron chi connectivity index (χ2n) is 5.88. The molecule has 2 rings (SSSR count). The number of hydrogen-bond acceptors (Lipinski definition) is 5. The van der Waals surface area contributed by atoms with E-state index < -0.39 is 10.2 Å². The normalized spacial score (nSPS) is 25.7. The Morgan fingerprint density at radius 3 is 2.83 bits per heavy atom. The maximum atomic E-state index is 13.0. The van der Waals surface area contributed by atoms with Crippen molar-refractivity contribution in [1.82, 2.24) is 13.9 Å². The van der Waals surface area contributed by atoms with Crippen LogP contribution in [-0.4, -0.2) is 68.4 Å². The van der Waals surface area contributed by atoms with Crippen LogP contribution in [0.25, 0.3) is 0 Å². The van der Waals surface area contributed by atoms with Gasteiger partial charge in [-0.3, -0.25) is 4.79 Å². The van der Waals surface area contributed by atoms with Crippen molar-refractivity contribution in [2.45, 2.75) is 44.2 Å². The predicted octanol–water partition coefficient (Wildman–Crippen LogP) is -0.164. The molecule has 8 nitrogen and oxygen atoms in total. The molecule has 0 spiro atoms. The largest absolute Gasteiger partial charge is 0.383 e. The summed E-state index contributed by atoms with van der Waals surface area (Å²) in [6, 6.07) is 1.66. The lowest BCUT2D eigenvalue weighted by Crippen LogP contribution is -2.64. The van der Waals surface area contributed by atoms with Gasteiger partial charge in [-0.1, -0.05) is 12.8 Å². The monoisotopic (exact) mass is 344 g/mol. The van der Waals surface area contributed by atoms with Crippen molar-refractivity contribution in [3.8, 4) is 6.07 Å². The first-order valence-corrected chi connectivity index (χ1v) is 9.32. The molecule has 0 aromatic heterocycles. The molecule has 0 aromatic rings. The molecule has 1 amide bonds. The van der Waals surface area contributed by atoms with Crippen molar-refractivity contribution < 1.29 is 17.9 Å². The zero-order valence-corrected chi connectivity index (χ0v) is 14.2. The highest BCUT2D eigenvalue weighted by atomic mass is 32.2. The summed E-state index contributed by atoms with van der Waals surface area (Å²) in [6.07, 6.45) is 3.62. The Kier molecular flexibility index (Phi) is 6.35. The van der Waals surface area contributed by atoms with Gasteiger partial charge < -0.3 is 10.1 Å². The van der Waals surface area contributed by atoms with Crippen LogP contribution in [-0.2, 0) is 19.7 Å². The van der Waals surface area contributed by atoms with Crippen LogP contribution in [0.3, 0.4) is 0 Å². The van der Waals surface area contributed by atoms with E-state index in [1.807, 2.05) is 6.07 Å². The topological polar surface area (TPSA) is 103 Å². The van der Waals surface area contributed by atoms with Crippen LogP contribution in [0.15, 0.2) is 0 Å². The van der Waals surface area contributed by atoms with Crippen molar-refractivity contribution in [1.29, 1.82) is 5.26 Å². The molecule has 0 unspecified atom stereocenters. The Balaban J connectivity index is 2.22. The molecule has 1 saturated carbocycles. The number of amides is 1. The maximum Gasteiger partial charge on any atom is 0.282 e. The van der Waals surface area contributed by atoms with Crippen LogP contribution in [0.2, 0.25) is 0 Å². The third kappa shape index (κ3) is 4.20. The van der Waals surface area contributed by atoms with Gasteiger partial charge in [0.2, 0.25) is 5.91 Å². The van der Waals surface area contributed by atoms with Crippen LogP contribution >= 0.6 is 0 Å². The van der Waals surface area contributed by atoms with Gasteiger partial charge in [0.15, 0.2) is 0 Å². The minimum Gasteiger partial charge on any atom is -0.383 e. The van der Waals surface area contributed by atoms with Gasteiger partial charge in [-0.25, -0.2) is 0 Å². The molecule has 0 bridgehead atoms. The third-order valence-corrected chi connectivity index (χ3v) is 6.40. The second kappa shape index (κ2) is 8.06. The molecule has 1 N–H and O–H groups in total. The number of fused-ring (bicyclic) bond motifs is 1. The van der Waals surface area contributed by atoms with Gasteiger partial charge in [0.05, 0.1) is 19.2 Å². The average Bonchev–Trinajstić information content (AvgIpc) is 2.53. The van der Waals surface area contributed by atoms with Crippen molar-refractivity contribution in [3.63, 3.8) is 0 Å². The van der Waals surface area contributed by atoms with Crippen LogP contribution in [0.5, 0.6) is 0 Å². The number of nitrogens with zero attached hydrogens (tertiary/aromatic N) is 3. The molecule has 1 aliphatic carbocycles. The molecule has 2 aliphatic rings. The van der Waals surface area contributed by atoms with Gasteiger partial charge in [0, 0.05) is 38.7 Å². The molecule has 130 valence electrons. The number of nitriles is 1. The number of rotatable bonds is 7. The highest BCUT2D eigenvalue weighted by molar-refractivity contribution is 7.86. The van der Waals surface area contributed by atoms with Crippen LogP contribution < -0.4 is 5.32 Å². The quantitative estimate of drug-likeness (QED) is 0.691. The summed E-state index contributed by atoms with van der Waals surface area (Å²) in [5.74, 6) is -0.260. The number of piperazine rings is 1. The number of ether oxygens (including phenoxy) is 1. The number of methoxy groups -OCH3 is 1. The van der Waals surface area contributed by atoms with E-state index in [1.54, 1.807) is 0 Å². The highest BCUT2D eigenvalue weighted by Crippen LogP contribution is 2.28. The van der Waals surface area contributed by atoms with Crippen molar-refractivity contribution in [2.75, 3.05) is 33.4 Å². The maximum absolute atomic E-state index is 13.0. The van der Waals surface area contributed by atoms with Gasteiger partial charge in [-0.15, -0.1) is 0 Å². The molecule has 1 heterocycles. The fourth-order valence-corrected chi connectivity index (χ4v) is 5.05. The van der Waals surface area contributed by atoms with E-state index in [-0.39, 0.29) is 50.7 Å². The van der Waals surface area contributed by atoms with E-state index in [1.165, 1.54) is 15.7 Å². The van der Waals surface area contributed by atoms with Crippen LogP contribution in [0, 0.1) is 11.3 Å². The smallest absolute Gasteiger partial charge is 0.282 e. The Labute approximate surface area is 137 Å². The first-order valence-electron chi connectivity index (χ1n) is 7.93. The molecule has 1 saturated heterocycles. The van der Waals surface area contributed by atoms with Gasteiger partial charge in [0.25, 0.3) is 10.2 Å².